The van der Waals surface area contributed by atoms with Gasteiger partial charge < -0.3 is 19.5 Å². The third-order valence-corrected chi connectivity index (χ3v) is 6.23. The number of benzene rings is 1. The van der Waals surface area contributed by atoms with Crippen LogP contribution in [0, 0.1) is 11.2 Å². The molecule has 5 rings (SSSR count). The van der Waals surface area contributed by atoms with Crippen molar-refractivity contribution in [3.63, 3.8) is 0 Å². The zero-order valence-corrected chi connectivity index (χ0v) is 18.4. The van der Waals surface area contributed by atoms with Gasteiger partial charge in [0.15, 0.2) is 12.4 Å². The predicted octanol–water partition coefficient (Wildman–Crippen LogP) is 3.59. The summed E-state index contributed by atoms with van der Waals surface area (Å²) >= 11 is 5.63. The molecule has 32 heavy (non-hydrogen) atoms. The monoisotopic (exact) mass is 462 g/mol. The Bertz CT molecular complexity index is 994. The predicted molar refractivity (Wildman–Crippen MR) is 115 cm³/mol. The summed E-state index contributed by atoms with van der Waals surface area (Å²) in [5.74, 6) is -0.0519. The van der Waals surface area contributed by atoms with Gasteiger partial charge in [0.2, 0.25) is 0 Å². The first-order valence-electron chi connectivity index (χ1n) is 10.3. The molecule has 2 bridgehead atoms. The van der Waals surface area contributed by atoms with Crippen LogP contribution in [-0.2, 0) is 9.53 Å². The molecule has 0 saturated heterocycles. The molecule has 9 heteroatoms. The standard InChI is InChI=1S/C23H24ClFN2O5/c1-30-6-7-31-16-3-5-19(26-10-16)20(28)9-22-12-23(13-22,14-22)27-21(29)11-32-15-2-4-17(24)18(25)8-15/h2-5,8,10H,6-7,9,11-14H2,1H3,(H,27,29). The molecule has 3 saturated carbocycles. The highest BCUT2D eigenvalue weighted by molar-refractivity contribution is 6.30. The largest absolute Gasteiger partial charge is 0.490 e. The maximum Gasteiger partial charge on any atom is 0.258 e. The molecule has 2 aromatic rings. The Labute approximate surface area is 190 Å². The average molecular weight is 463 g/mol. The van der Waals surface area contributed by atoms with E-state index < -0.39 is 5.82 Å². The highest BCUT2D eigenvalue weighted by atomic mass is 35.5. The quantitative estimate of drug-likeness (QED) is 0.405. The second-order valence-corrected chi connectivity index (χ2v) is 8.95. The Hall–Kier alpha value is -2.71. The molecule has 1 N–H and O–H groups in total. The van der Waals surface area contributed by atoms with E-state index in [4.69, 9.17) is 25.8 Å². The number of hydrogen-bond acceptors (Lipinski definition) is 6. The van der Waals surface area contributed by atoms with Gasteiger partial charge >= 0.3 is 0 Å². The van der Waals surface area contributed by atoms with Crippen molar-refractivity contribution in [1.82, 2.24) is 10.3 Å². The van der Waals surface area contributed by atoms with Crippen molar-refractivity contribution in [3.05, 3.63) is 53.1 Å². The zero-order chi connectivity index (χ0) is 22.8. The van der Waals surface area contributed by atoms with Gasteiger partial charge in [0.05, 0.1) is 17.8 Å². The van der Waals surface area contributed by atoms with E-state index in [2.05, 4.69) is 10.3 Å². The number of nitrogens with zero attached hydrogens (tertiary/aromatic N) is 1. The summed E-state index contributed by atoms with van der Waals surface area (Å²) in [6, 6.07) is 7.43. The van der Waals surface area contributed by atoms with Gasteiger partial charge in [0.25, 0.3) is 5.91 Å². The summed E-state index contributed by atoms with van der Waals surface area (Å²) in [6.45, 7) is 0.689. The second kappa shape index (κ2) is 9.03. The van der Waals surface area contributed by atoms with Crippen LogP contribution in [0.15, 0.2) is 36.5 Å². The maximum atomic E-state index is 13.4. The second-order valence-electron chi connectivity index (χ2n) is 8.54. The number of rotatable bonds is 11. The summed E-state index contributed by atoms with van der Waals surface area (Å²) in [4.78, 5) is 29.1. The van der Waals surface area contributed by atoms with Gasteiger partial charge in [0.1, 0.15) is 29.6 Å². The van der Waals surface area contributed by atoms with Crippen molar-refractivity contribution >= 4 is 23.3 Å². The van der Waals surface area contributed by atoms with Crippen LogP contribution in [0.3, 0.4) is 0 Å². The van der Waals surface area contributed by atoms with Crippen molar-refractivity contribution in [3.8, 4) is 11.5 Å². The van der Waals surface area contributed by atoms with E-state index in [1.807, 2.05) is 0 Å². The summed E-state index contributed by atoms with van der Waals surface area (Å²) in [5.41, 5.74) is 0.0775. The molecule has 170 valence electrons. The van der Waals surface area contributed by atoms with Crippen LogP contribution >= 0.6 is 11.6 Å². The van der Waals surface area contributed by atoms with Gasteiger partial charge in [-0.2, -0.15) is 0 Å². The summed E-state index contributed by atoms with van der Waals surface area (Å²) < 4.78 is 29.2. The van der Waals surface area contributed by atoms with E-state index in [1.54, 1.807) is 25.4 Å². The van der Waals surface area contributed by atoms with Crippen LogP contribution in [-0.4, -0.2) is 49.1 Å². The zero-order valence-electron chi connectivity index (χ0n) is 17.7. The lowest BCUT2D eigenvalue weighted by atomic mass is 9.38. The molecule has 1 aromatic carbocycles. The molecule has 1 aromatic heterocycles. The minimum Gasteiger partial charge on any atom is -0.490 e. The average Bonchev–Trinajstić information content (AvgIpc) is 2.73. The lowest BCUT2D eigenvalue weighted by Gasteiger charge is -2.70. The number of nitrogens with one attached hydrogen (secondary N) is 1. The number of aromatic nitrogens is 1. The Morgan fingerprint density at radius 3 is 2.53 bits per heavy atom. The van der Waals surface area contributed by atoms with E-state index >= 15 is 0 Å². The molecule has 0 atom stereocenters. The fourth-order valence-corrected chi connectivity index (χ4v) is 4.79. The molecule has 3 fully saturated rings. The minimum absolute atomic E-state index is 0.00272. The number of Topliss-reactive ketones (excluding diaryl/α,β-unsaturated/α-hetero) is 1. The molecule has 7 nitrogen and oxygen atoms in total. The smallest absolute Gasteiger partial charge is 0.258 e. The van der Waals surface area contributed by atoms with Gasteiger partial charge in [-0.15, -0.1) is 0 Å². The molecule has 3 aliphatic rings. The SMILES string of the molecule is COCCOc1ccc(C(=O)CC23CC(NC(=O)COc4ccc(Cl)c(F)c4)(C2)C3)nc1. The molecule has 0 unspecified atom stereocenters. The number of carbonyl (C=O) groups excluding carboxylic acids is 2. The van der Waals surface area contributed by atoms with Crippen molar-refractivity contribution in [2.75, 3.05) is 26.9 Å². The summed E-state index contributed by atoms with van der Waals surface area (Å²) in [5, 5.41) is 2.98. The number of pyridine rings is 1. The van der Waals surface area contributed by atoms with Gasteiger partial charge in [-0.3, -0.25) is 9.59 Å². The fraction of sp³-hybridized carbons (Fsp3) is 0.435. The van der Waals surface area contributed by atoms with Gasteiger partial charge in [-0.25, -0.2) is 9.37 Å². The van der Waals surface area contributed by atoms with Crippen LogP contribution in [0.5, 0.6) is 11.5 Å². The van der Waals surface area contributed by atoms with Crippen LogP contribution in [0.4, 0.5) is 4.39 Å². The molecule has 0 radical (unpaired) electrons. The molecule has 3 aliphatic carbocycles. The lowest BCUT2D eigenvalue weighted by Crippen LogP contribution is -2.75. The first-order chi connectivity index (χ1) is 15.3. The fourth-order valence-electron chi connectivity index (χ4n) is 4.67. The van der Waals surface area contributed by atoms with Crippen molar-refractivity contribution in [2.24, 2.45) is 5.41 Å². The molecular weight excluding hydrogens is 439 g/mol. The van der Waals surface area contributed by atoms with Crippen LogP contribution in [0.2, 0.25) is 5.02 Å². The Morgan fingerprint density at radius 2 is 1.88 bits per heavy atom. The Morgan fingerprint density at radius 1 is 1.12 bits per heavy atom. The van der Waals surface area contributed by atoms with Crippen LogP contribution in [0.1, 0.15) is 36.2 Å². The third kappa shape index (κ3) is 4.86. The molecule has 0 aliphatic heterocycles. The van der Waals surface area contributed by atoms with Crippen LogP contribution < -0.4 is 14.8 Å². The highest BCUT2D eigenvalue weighted by Gasteiger charge is 2.68. The molecule has 1 amide bonds. The number of halogens is 2. The summed E-state index contributed by atoms with van der Waals surface area (Å²) in [7, 11) is 1.60. The van der Waals surface area contributed by atoms with E-state index in [1.165, 1.54) is 12.1 Å². The van der Waals surface area contributed by atoms with E-state index in [0.29, 0.717) is 31.1 Å². The first kappa shape index (κ1) is 22.5. The Kier molecular flexibility index (Phi) is 6.35. The molecule has 1 heterocycles. The normalized spacial score (nSPS) is 23.0. The van der Waals surface area contributed by atoms with Gasteiger partial charge in [-0.05, 0) is 48.9 Å². The lowest BCUT2D eigenvalue weighted by molar-refractivity contribution is -0.164. The molecule has 0 spiro atoms. The number of ketones is 1. The number of carbonyl (C=O) groups is 2. The Balaban J connectivity index is 1.20. The van der Waals surface area contributed by atoms with E-state index in [9.17, 15) is 14.0 Å². The first-order valence-corrected chi connectivity index (χ1v) is 10.7. The van der Waals surface area contributed by atoms with E-state index in [0.717, 1.165) is 25.3 Å². The highest BCUT2D eigenvalue weighted by Crippen LogP contribution is 2.69. The number of amides is 1. The van der Waals surface area contributed by atoms with E-state index in [-0.39, 0.29) is 40.0 Å². The maximum absolute atomic E-state index is 13.4. The van der Waals surface area contributed by atoms with Gasteiger partial charge in [-0.1, -0.05) is 11.6 Å². The van der Waals surface area contributed by atoms with Crippen molar-refractivity contribution in [1.29, 1.82) is 0 Å². The number of ether oxygens (including phenoxy) is 3. The van der Waals surface area contributed by atoms with Crippen molar-refractivity contribution < 1.29 is 28.2 Å². The summed E-state index contributed by atoms with van der Waals surface area (Å²) in [6.07, 6.45) is 4.21. The number of methoxy groups -OCH3 is 1. The minimum atomic E-state index is -0.599. The van der Waals surface area contributed by atoms with Crippen molar-refractivity contribution in [2.45, 2.75) is 31.2 Å². The van der Waals surface area contributed by atoms with Crippen LogP contribution in [0.25, 0.3) is 0 Å². The molecular formula is C23H24ClFN2O5. The topological polar surface area (TPSA) is 86.8 Å². The third-order valence-electron chi connectivity index (χ3n) is 5.92. The van der Waals surface area contributed by atoms with Gasteiger partial charge in [0, 0.05) is 25.1 Å². The number of hydrogen-bond donors (Lipinski definition) is 1.